The van der Waals surface area contributed by atoms with Crippen molar-refractivity contribution in [2.45, 2.75) is 56.6 Å². The maximum atomic E-state index is 12.4. The Bertz CT molecular complexity index is 560. The van der Waals surface area contributed by atoms with Gasteiger partial charge in [0.15, 0.2) is 10.9 Å². The monoisotopic (exact) mass is 337 g/mol. The molecule has 1 fully saturated rings. The molecule has 0 atom stereocenters. The van der Waals surface area contributed by atoms with E-state index in [2.05, 4.69) is 15.3 Å². The van der Waals surface area contributed by atoms with Crippen LogP contribution in [0.2, 0.25) is 0 Å². The fourth-order valence-corrected chi connectivity index (χ4v) is 3.00. The normalized spacial score (nSPS) is 15.2. The zero-order chi connectivity index (χ0) is 16.7. The number of rotatable bonds is 7. The molecule has 0 aliphatic heterocycles. The minimum atomic E-state index is -0.518. The highest BCUT2D eigenvalue weighted by molar-refractivity contribution is 7.98. The van der Waals surface area contributed by atoms with Crippen LogP contribution in [0.1, 0.15) is 55.8 Å². The number of ketones is 1. The molecule has 6 nitrogen and oxygen atoms in total. The minimum Gasteiger partial charge on any atom is -0.466 e. The van der Waals surface area contributed by atoms with Crippen molar-refractivity contribution in [1.29, 1.82) is 0 Å². The van der Waals surface area contributed by atoms with Crippen molar-refractivity contribution in [2.24, 2.45) is 0 Å². The van der Waals surface area contributed by atoms with Crippen molar-refractivity contribution in [3.63, 3.8) is 0 Å². The Kier molecular flexibility index (Phi) is 6.83. The SMILES string of the molecule is CCOC(=O)CC(=O)c1cnc(SC)nc1NC1CCCCC1. The molecule has 1 aliphatic carbocycles. The van der Waals surface area contributed by atoms with Crippen molar-refractivity contribution in [1.82, 2.24) is 9.97 Å². The van der Waals surface area contributed by atoms with E-state index in [9.17, 15) is 9.59 Å². The molecule has 0 saturated heterocycles. The Hall–Kier alpha value is -1.63. The number of nitrogens with one attached hydrogen (secondary N) is 1. The van der Waals surface area contributed by atoms with Gasteiger partial charge in [-0.05, 0) is 26.0 Å². The molecule has 1 heterocycles. The zero-order valence-electron chi connectivity index (χ0n) is 13.6. The van der Waals surface area contributed by atoms with Crippen LogP contribution in [0.15, 0.2) is 11.4 Å². The quantitative estimate of drug-likeness (QED) is 0.269. The fourth-order valence-electron chi connectivity index (χ4n) is 2.66. The van der Waals surface area contributed by atoms with Crippen LogP contribution < -0.4 is 5.32 Å². The van der Waals surface area contributed by atoms with Gasteiger partial charge in [0.1, 0.15) is 12.2 Å². The predicted molar refractivity (Wildman–Crippen MR) is 89.9 cm³/mol. The summed E-state index contributed by atoms with van der Waals surface area (Å²) in [6.07, 6.45) is 8.88. The molecule has 1 saturated carbocycles. The third-order valence-electron chi connectivity index (χ3n) is 3.81. The first-order valence-corrected chi connectivity index (χ1v) is 9.23. The standard InChI is InChI=1S/C16H23N3O3S/c1-3-22-14(21)9-13(20)12-10-17-16(23-2)19-15(12)18-11-7-5-4-6-8-11/h10-11H,3-9H2,1-2H3,(H,17,18,19). The van der Waals surface area contributed by atoms with E-state index in [4.69, 9.17) is 4.74 Å². The van der Waals surface area contributed by atoms with Crippen molar-refractivity contribution in [3.05, 3.63) is 11.8 Å². The molecule has 1 aromatic rings. The molecule has 1 aromatic heterocycles. The van der Waals surface area contributed by atoms with E-state index in [0.717, 1.165) is 12.8 Å². The first kappa shape index (κ1) is 17.7. The topological polar surface area (TPSA) is 81.2 Å². The molecule has 0 spiro atoms. The highest BCUT2D eigenvalue weighted by atomic mass is 32.2. The maximum Gasteiger partial charge on any atom is 0.313 e. The minimum absolute atomic E-state index is 0.265. The molecule has 23 heavy (non-hydrogen) atoms. The Morgan fingerprint density at radius 3 is 2.74 bits per heavy atom. The Labute approximate surface area is 140 Å². The average Bonchev–Trinajstić information content (AvgIpc) is 2.55. The lowest BCUT2D eigenvalue weighted by Crippen LogP contribution is -2.25. The summed E-state index contributed by atoms with van der Waals surface area (Å²) in [7, 11) is 0. The van der Waals surface area contributed by atoms with E-state index in [-0.39, 0.29) is 18.8 Å². The lowest BCUT2D eigenvalue weighted by atomic mass is 9.95. The number of anilines is 1. The van der Waals surface area contributed by atoms with Crippen LogP contribution in [-0.2, 0) is 9.53 Å². The van der Waals surface area contributed by atoms with Crippen molar-refractivity contribution < 1.29 is 14.3 Å². The van der Waals surface area contributed by atoms with Gasteiger partial charge in [0.25, 0.3) is 0 Å². The summed E-state index contributed by atoms with van der Waals surface area (Å²) in [5.74, 6) is -0.296. The van der Waals surface area contributed by atoms with Gasteiger partial charge in [0, 0.05) is 12.2 Å². The van der Waals surface area contributed by atoms with Gasteiger partial charge >= 0.3 is 5.97 Å². The maximum absolute atomic E-state index is 12.4. The molecule has 0 bridgehead atoms. The molecule has 1 N–H and O–H groups in total. The van der Waals surface area contributed by atoms with E-state index < -0.39 is 5.97 Å². The number of aromatic nitrogens is 2. The molecule has 0 aromatic carbocycles. The number of carbonyl (C=O) groups excluding carboxylic acids is 2. The molecule has 0 amide bonds. The zero-order valence-corrected chi connectivity index (χ0v) is 14.4. The summed E-state index contributed by atoms with van der Waals surface area (Å²) in [6.45, 7) is 1.98. The summed E-state index contributed by atoms with van der Waals surface area (Å²) < 4.78 is 4.84. The first-order valence-electron chi connectivity index (χ1n) is 8.00. The summed E-state index contributed by atoms with van der Waals surface area (Å²) >= 11 is 1.42. The van der Waals surface area contributed by atoms with Gasteiger partial charge in [-0.1, -0.05) is 31.0 Å². The van der Waals surface area contributed by atoms with Crippen molar-refractivity contribution >= 4 is 29.3 Å². The predicted octanol–water partition coefficient (Wildman–Crippen LogP) is 3.08. The van der Waals surface area contributed by atoms with Crippen molar-refractivity contribution in [2.75, 3.05) is 18.2 Å². The lowest BCUT2D eigenvalue weighted by Gasteiger charge is -2.24. The third kappa shape index (κ3) is 5.20. The number of ether oxygens (including phenoxy) is 1. The van der Waals surface area contributed by atoms with E-state index in [0.29, 0.717) is 22.6 Å². The molecule has 1 aliphatic rings. The molecule has 7 heteroatoms. The van der Waals surface area contributed by atoms with Crippen LogP contribution in [0.3, 0.4) is 0 Å². The molecular weight excluding hydrogens is 314 g/mol. The van der Waals surface area contributed by atoms with Gasteiger partial charge in [-0.2, -0.15) is 0 Å². The number of Topliss-reactive ketones (excluding diaryl/α,β-unsaturated/α-hetero) is 1. The smallest absolute Gasteiger partial charge is 0.313 e. The molecule has 2 rings (SSSR count). The highest BCUT2D eigenvalue weighted by Gasteiger charge is 2.21. The first-order chi connectivity index (χ1) is 11.1. The van der Waals surface area contributed by atoms with Gasteiger partial charge in [-0.15, -0.1) is 0 Å². The van der Waals surface area contributed by atoms with Crippen LogP contribution in [0.4, 0.5) is 5.82 Å². The number of thioether (sulfide) groups is 1. The molecule has 0 radical (unpaired) electrons. The fraction of sp³-hybridized carbons (Fsp3) is 0.625. The van der Waals surface area contributed by atoms with Crippen molar-refractivity contribution in [3.8, 4) is 0 Å². The van der Waals surface area contributed by atoms with E-state index >= 15 is 0 Å². The van der Waals surface area contributed by atoms with Crippen LogP contribution in [0.5, 0.6) is 0 Å². The number of hydrogen-bond donors (Lipinski definition) is 1. The van der Waals surface area contributed by atoms with E-state index in [1.165, 1.54) is 37.2 Å². The van der Waals surface area contributed by atoms with Gasteiger partial charge in [-0.25, -0.2) is 9.97 Å². The molecular formula is C16H23N3O3S. The largest absolute Gasteiger partial charge is 0.466 e. The van der Waals surface area contributed by atoms with Gasteiger partial charge in [0.2, 0.25) is 0 Å². The summed E-state index contributed by atoms with van der Waals surface area (Å²) in [5.41, 5.74) is 0.362. The summed E-state index contributed by atoms with van der Waals surface area (Å²) in [4.78, 5) is 32.5. The average molecular weight is 337 g/mol. The van der Waals surface area contributed by atoms with Gasteiger partial charge in [0.05, 0.1) is 12.2 Å². The summed E-state index contributed by atoms with van der Waals surface area (Å²) in [6, 6.07) is 0.322. The number of carbonyl (C=O) groups is 2. The Morgan fingerprint density at radius 2 is 2.09 bits per heavy atom. The van der Waals surface area contributed by atoms with Gasteiger partial charge in [-0.3, -0.25) is 9.59 Å². The lowest BCUT2D eigenvalue weighted by molar-refractivity contribution is -0.141. The third-order valence-corrected chi connectivity index (χ3v) is 4.37. The second-order valence-electron chi connectivity index (χ2n) is 5.50. The second-order valence-corrected chi connectivity index (χ2v) is 6.28. The molecule has 0 unspecified atom stereocenters. The molecule has 126 valence electrons. The van der Waals surface area contributed by atoms with Crippen LogP contribution in [-0.4, -0.2) is 40.6 Å². The van der Waals surface area contributed by atoms with Crippen LogP contribution in [0.25, 0.3) is 0 Å². The van der Waals surface area contributed by atoms with Gasteiger partial charge < -0.3 is 10.1 Å². The number of esters is 1. The summed E-state index contributed by atoms with van der Waals surface area (Å²) in [5, 5.41) is 3.98. The van der Waals surface area contributed by atoms with E-state index in [1.807, 2.05) is 6.26 Å². The number of nitrogens with zero attached hydrogens (tertiary/aromatic N) is 2. The van der Waals surface area contributed by atoms with E-state index in [1.54, 1.807) is 6.92 Å². The van der Waals surface area contributed by atoms with Crippen LogP contribution >= 0.6 is 11.8 Å². The Balaban J connectivity index is 2.16. The Morgan fingerprint density at radius 1 is 1.35 bits per heavy atom. The highest BCUT2D eigenvalue weighted by Crippen LogP contribution is 2.24. The van der Waals surface area contributed by atoms with Crippen LogP contribution in [0, 0.1) is 0 Å². The second kappa shape index (κ2) is 8.86. The number of hydrogen-bond acceptors (Lipinski definition) is 7.